The molecule has 0 saturated carbocycles. The third kappa shape index (κ3) is 6.19. The fourth-order valence-corrected chi connectivity index (χ4v) is 8.11. The van der Waals surface area contributed by atoms with Crippen LogP contribution in [0.3, 0.4) is 0 Å². The van der Waals surface area contributed by atoms with Crippen LogP contribution in [0.4, 0.5) is 22.7 Å². The molecule has 2 aliphatic carbocycles. The van der Waals surface area contributed by atoms with Crippen LogP contribution < -0.4 is 10.6 Å². The van der Waals surface area contributed by atoms with E-state index in [-0.39, 0.29) is 10.8 Å². The van der Waals surface area contributed by atoms with Gasteiger partial charge in [0.05, 0.1) is 11.0 Å². The second-order valence-electron chi connectivity index (χ2n) is 16.3. The molecule has 7 rings (SSSR count). The molecule has 2 N–H and O–H groups in total. The van der Waals surface area contributed by atoms with Gasteiger partial charge in [0, 0.05) is 22.7 Å². The molecule has 5 aromatic rings. The highest BCUT2D eigenvalue weighted by Gasteiger charge is 2.44. The van der Waals surface area contributed by atoms with Gasteiger partial charge in [-0.2, -0.15) is 5.26 Å². The molecule has 3 nitrogen and oxygen atoms in total. The number of nitrogens with two attached hydrogens (primary N) is 1. The summed E-state index contributed by atoms with van der Waals surface area (Å²) in [4.78, 5) is 2.41. The molecule has 0 fully saturated rings. The average Bonchev–Trinajstić information content (AvgIpc) is 3.26. The summed E-state index contributed by atoms with van der Waals surface area (Å²) in [7, 11) is 0. The summed E-state index contributed by atoms with van der Waals surface area (Å²) in [6.07, 6.45) is 10.4. The van der Waals surface area contributed by atoms with E-state index in [1.807, 2.05) is 6.07 Å². The van der Waals surface area contributed by atoms with E-state index in [2.05, 4.69) is 174 Å². The fraction of sp³-hybridized carbons (Fsp3) is 0.271. The van der Waals surface area contributed by atoms with Crippen LogP contribution in [0, 0.1) is 11.3 Å². The van der Waals surface area contributed by atoms with Crippen LogP contribution in [-0.4, -0.2) is 0 Å². The standard InChI is InChI=1S/C48H49N3/c1-46(2,3)36-20-25-40(26-21-36)51(41-27-22-37(23-28-41)47(4,5)6)42-24-19-33-17-18-34-29-35(32-49)45(50)31-44(34)48(43(33)30-42,38-13-9-7-10-14-38)39-15-11-8-12-16-39/h7-11,13-15,19-31H,12,16-18,50H2,1-6H3. The number of nitrogens with zero attached hydrogens (tertiary/aromatic N) is 2. The zero-order chi connectivity index (χ0) is 36.0. The number of fused-ring (bicyclic) bond motifs is 2. The van der Waals surface area contributed by atoms with E-state index >= 15 is 0 Å². The Kier molecular flexibility index (Phi) is 8.76. The molecule has 0 bridgehead atoms. The molecule has 256 valence electrons. The van der Waals surface area contributed by atoms with Crippen LogP contribution in [0.15, 0.2) is 133 Å². The maximum atomic E-state index is 10.0. The van der Waals surface area contributed by atoms with E-state index in [1.54, 1.807) is 0 Å². The first-order valence-electron chi connectivity index (χ1n) is 18.3. The number of aryl methyl sites for hydroxylation is 2. The van der Waals surface area contributed by atoms with Crippen LogP contribution in [0.5, 0.6) is 0 Å². The Balaban J connectivity index is 1.53. The second-order valence-corrected chi connectivity index (χ2v) is 16.3. The highest BCUT2D eigenvalue weighted by Crippen LogP contribution is 2.53. The lowest BCUT2D eigenvalue weighted by molar-refractivity contribution is 0.590. The number of benzene rings is 5. The van der Waals surface area contributed by atoms with E-state index in [9.17, 15) is 5.26 Å². The number of nitriles is 1. The summed E-state index contributed by atoms with van der Waals surface area (Å²) in [5, 5.41) is 10.0. The highest BCUT2D eigenvalue weighted by atomic mass is 15.1. The second kappa shape index (κ2) is 13.1. The van der Waals surface area contributed by atoms with Gasteiger partial charge in [-0.05, 0) is 124 Å². The molecular formula is C48H49N3. The molecule has 1 unspecified atom stereocenters. The first-order valence-corrected chi connectivity index (χ1v) is 18.3. The molecule has 0 aromatic heterocycles. The molecule has 0 saturated heterocycles. The lowest BCUT2D eigenvalue weighted by atomic mass is 9.61. The minimum atomic E-state index is -0.594. The van der Waals surface area contributed by atoms with Gasteiger partial charge in [-0.3, -0.25) is 0 Å². The van der Waals surface area contributed by atoms with E-state index in [0.29, 0.717) is 11.3 Å². The van der Waals surface area contributed by atoms with Crippen LogP contribution in [0.25, 0.3) is 0 Å². The minimum absolute atomic E-state index is 0.0554. The smallest absolute Gasteiger partial charge is 0.101 e. The summed E-state index contributed by atoms with van der Waals surface area (Å²) in [5.74, 6) is 0. The van der Waals surface area contributed by atoms with Gasteiger partial charge < -0.3 is 10.6 Å². The summed E-state index contributed by atoms with van der Waals surface area (Å²) in [6.45, 7) is 13.6. The van der Waals surface area contributed by atoms with Crippen molar-refractivity contribution in [2.45, 2.75) is 83.5 Å². The normalized spacial score (nSPS) is 17.1. The Hall–Kier alpha value is -5.33. The SMILES string of the molecule is CC(C)(C)c1ccc(N(c2ccc(C(C)(C)C)cc2)c2ccc3c(c2)C(C2=CC=CCC2)(c2ccccc2)c2cc(N)c(C#N)cc2CC3)cc1. The Morgan fingerprint density at radius 1 is 0.647 bits per heavy atom. The third-order valence-corrected chi connectivity index (χ3v) is 10.9. The Labute approximate surface area is 304 Å². The monoisotopic (exact) mass is 667 g/mol. The predicted octanol–water partition coefficient (Wildman–Crippen LogP) is 11.9. The summed E-state index contributed by atoms with van der Waals surface area (Å²) >= 11 is 0. The van der Waals surface area contributed by atoms with Crippen molar-refractivity contribution >= 4 is 22.7 Å². The molecule has 5 aromatic carbocycles. The summed E-state index contributed by atoms with van der Waals surface area (Å²) in [5.41, 5.74) is 20.8. The van der Waals surface area contributed by atoms with Gasteiger partial charge in [-0.25, -0.2) is 0 Å². The van der Waals surface area contributed by atoms with Gasteiger partial charge in [0.15, 0.2) is 0 Å². The fourth-order valence-electron chi connectivity index (χ4n) is 8.11. The van der Waals surface area contributed by atoms with Crippen molar-refractivity contribution < 1.29 is 0 Å². The quantitative estimate of drug-likeness (QED) is 0.190. The van der Waals surface area contributed by atoms with Crippen molar-refractivity contribution in [2.75, 3.05) is 10.6 Å². The van der Waals surface area contributed by atoms with Gasteiger partial charge >= 0.3 is 0 Å². The zero-order valence-electron chi connectivity index (χ0n) is 30.9. The van der Waals surface area contributed by atoms with Crippen LogP contribution in [0.1, 0.15) is 98.9 Å². The van der Waals surface area contributed by atoms with Crippen molar-refractivity contribution in [3.63, 3.8) is 0 Å². The average molecular weight is 668 g/mol. The zero-order valence-corrected chi connectivity index (χ0v) is 30.9. The van der Waals surface area contributed by atoms with Crippen LogP contribution in [0.2, 0.25) is 0 Å². The third-order valence-electron chi connectivity index (χ3n) is 10.9. The van der Waals surface area contributed by atoms with Gasteiger partial charge in [-0.15, -0.1) is 0 Å². The molecule has 51 heavy (non-hydrogen) atoms. The number of hydrogen-bond donors (Lipinski definition) is 1. The van der Waals surface area contributed by atoms with Crippen molar-refractivity contribution in [1.82, 2.24) is 0 Å². The lowest BCUT2D eigenvalue weighted by Gasteiger charge is -2.41. The lowest BCUT2D eigenvalue weighted by Crippen LogP contribution is -2.34. The molecule has 1 atom stereocenters. The molecule has 0 spiro atoms. The van der Waals surface area contributed by atoms with Crippen molar-refractivity contribution in [3.05, 3.63) is 178 Å². The van der Waals surface area contributed by atoms with Gasteiger partial charge in [-0.1, -0.05) is 126 Å². The summed E-state index contributed by atoms with van der Waals surface area (Å²) < 4.78 is 0. The number of rotatable bonds is 5. The Morgan fingerprint density at radius 3 is 1.76 bits per heavy atom. The highest BCUT2D eigenvalue weighted by molar-refractivity contribution is 5.79. The maximum absolute atomic E-state index is 10.0. The maximum Gasteiger partial charge on any atom is 0.101 e. The molecule has 3 heteroatoms. The predicted molar refractivity (Wildman–Crippen MR) is 214 cm³/mol. The van der Waals surface area contributed by atoms with Crippen LogP contribution in [-0.2, 0) is 29.1 Å². The number of hydrogen-bond acceptors (Lipinski definition) is 3. The van der Waals surface area contributed by atoms with E-state index < -0.39 is 5.41 Å². The Bertz CT molecular complexity index is 2110. The van der Waals surface area contributed by atoms with E-state index in [1.165, 1.54) is 44.5 Å². The van der Waals surface area contributed by atoms with Gasteiger partial charge in [0.2, 0.25) is 0 Å². The number of anilines is 4. The van der Waals surface area contributed by atoms with Crippen molar-refractivity contribution in [1.29, 1.82) is 5.26 Å². The van der Waals surface area contributed by atoms with Crippen LogP contribution >= 0.6 is 0 Å². The molecule has 0 radical (unpaired) electrons. The molecule has 0 heterocycles. The largest absolute Gasteiger partial charge is 0.398 e. The summed E-state index contributed by atoms with van der Waals surface area (Å²) in [6, 6.07) is 42.7. The van der Waals surface area contributed by atoms with E-state index in [0.717, 1.165) is 42.7 Å². The topological polar surface area (TPSA) is 53.0 Å². The first-order chi connectivity index (χ1) is 24.4. The van der Waals surface area contributed by atoms with Crippen molar-refractivity contribution in [2.24, 2.45) is 0 Å². The van der Waals surface area contributed by atoms with Gasteiger partial charge in [0.1, 0.15) is 6.07 Å². The minimum Gasteiger partial charge on any atom is -0.398 e. The Morgan fingerprint density at radius 2 is 1.22 bits per heavy atom. The molecule has 0 amide bonds. The number of nitrogen functional groups attached to an aromatic ring is 1. The van der Waals surface area contributed by atoms with E-state index in [4.69, 9.17) is 5.73 Å². The van der Waals surface area contributed by atoms with Crippen molar-refractivity contribution in [3.8, 4) is 6.07 Å². The number of allylic oxidation sites excluding steroid dienone is 4. The van der Waals surface area contributed by atoms with Gasteiger partial charge in [0.25, 0.3) is 0 Å². The molecular weight excluding hydrogens is 619 g/mol. The molecule has 2 aliphatic rings. The molecule has 0 aliphatic heterocycles. The first kappa shape index (κ1) is 34.1.